The van der Waals surface area contributed by atoms with Crippen molar-refractivity contribution < 1.29 is 4.42 Å². The topological polar surface area (TPSA) is 47.2 Å². The maximum Gasteiger partial charge on any atom is 0.250 e. The summed E-state index contributed by atoms with van der Waals surface area (Å²) in [6.45, 7) is 2.62. The van der Waals surface area contributed by atoms with E-state index in [0.717, 1.165) is 17.0 Å². The molecule has 0 fully saturated rings. The maximum absolute atomic E-state index is 11.2. The molecule has 0 radical (unpaired) electrons. The average Bonchev–Trinajstić information content (AvgIpc) is 2.66. The van der Waals surface area contributed by atoms with Crippen molar-refractivity contribution in [2.24, 2.45) is 7.05 Å². The van der Waals surface area contributed by atoms with E-state index < -0.39 is 0 Å². The van der Waals surface area contributed by atoms with Crippen LogP contribution in [0.25, 0.3) is 0 Å². The highest BCUT2D eigenvalue weighted by molar-refractivity contribution is 5.40. The van der Waals surface area contributed by atoms with Crippen molar-refractivity contribution in [1.82, 2.24) is 4.57 Å². The van der Waals surface area contributed by atoms with Gasteiger partial charge in [0.05, 0.1) is 18.5 Å². The van der Waals surface area contributed by atoms with Crippen LogP contribution in [0.1, 0.15) is 11.3 Å². The molecule has 0 aromatic carbocycles. The highest BCUT2D eigenvalue weighted by Gasteiger charge is 2.01. The molecular weight excluding hydrogens is 204 g/mol. The van der Waals surface area contributed by atoms with E-state index in [9.17, 15) is 4.79 Å². The van der Waals surface area contributed by atoms with Gasteiger partial charge in [-0.15, -0.1) is 0 Å². The van der Waals surface area contributed by atoms with Crippen molar-refractivity contribution in [3.63, 3.8) is 0 Å². The highest BCUT2D eigenvalue weighted by atomic mass is 16.3. The molecule has 84 valence electrons. The number of rotatable bonds is 3. The van der Waals surface area contributed by atoms with E-state index in [4.69, 9.17) is 4.42 Å². The first-order valence-corrected chi connectivity index (χ1v) is 5.10. The van der Waals surface area contributed by atoms with Crippen molar-refractivity contribution in [3.05, 3.63) is 52.3 Å². The van der Waals surface area contributed by atoms with Crippen molar-refractivity contribution in [3.8, 4) is 0 Å². The quantitative estimate of drug-likeness (QED) is 0.855. The van der Waals surface area contributed by atoms with E-state index in [0.29, 0.717) is 6.54 Å². The number of anilines is 1. The van der Waals surface area contributed by atoms with E-state index in [1.165, 1.54) is 10.6 Å². The van der Waals surface area contributed by atoms with Crippen LogP contribution in [0.4, 0.5) is 5.69 Å². The van der Waals surface area contributed by atoms with Gasteiger partial charge in [0.2, 0.25) is 5.56 Å². The Morgan fingerprint density at radius 2 is 2.19 bits per heavy atom. The van der Waals surface area contributed by atoms with E-state index in [2.05, 4.69) is 5.32 Å². The van der Waals surface area contributed by atoms with Crippen molar-refractivity contribution in [1.29, 1.82) is 0 Å². The monoisotopic (exact) mass is 218 g/mol. The number of hydrogen-bond acceptors (Lipinski definition) is 3. The summed E-state index contributed by atoms with van der Waals surface area (Å²) in [7, 11) is 1.73. The smallest absolute Gasteiger partial charge is 0.250 e. The number of nitrogens with zero attached hydrogens (tertiary/aromatic N) is 1. The van der Waals surface area contributed by atoms with Crippen LogP contribution in [-0.4, -0.2) is 4.57 Å². The van der Waals surface area contributed by atoms with E-state index in [-0.39, 0.29) is 5.56 Å². The SMILES string of the molecule is Cc1ccoc1CNc1ccc(=O)n(C)c1. The molecule has 0 saturated heterocycles. The summed E-state index contributed by atoms with van der Waals surface area (Å²) in [5.41, 5.74) is 2.01. The second kappa shape index (κ2) is 4.26. The fourth-order valence-corrected chi connectivity index (χ4v) is 1.47. The molecular formula is C12H14N2O2. The minimum atomic E-state index is -0.0141. The van der Waals surface area contributed by atoms with E-state index in [1.54, 1.807) is 25.6 Å². The molecule has 2 aromatic heterocycles. The molecule has 0 aliphatic rings. The summed E-state index contributed by atoms with van der Waals surface area (Å²) in [5, 5.41) is 3.20. The molecule has 0 aliphatic carbocycles. The lowest BCUT2D eigenvalue weighted by Crippen LogP contribution is -2.15. The first kappa shape index (κ1) is 10.5. The van der Waals surface area contributed by atoms with Gasteiger partial charge in [-0.3, -0.25) is 4.79 Å². The summed E-state index contributed by atoms with van der Waals surface area (Å²) in [5.74, 6) is 0.911. The lowest BCUT2D eigenvalue weighted by Gasteiger charge is -2.06. The number of nitrogens with one attached hydrogen (secondary N) is 1. The lowest BCUT2D eigenvalue weighted by molar-refractivity contribution is 0.515. The average molecular weight is 218 g/mol. The number of aryl methyl sites for hydroxylation is 2. The molecule has 0 unspecified atom stereocenters. The minimum Gasteiger partial charge on any atom is -0.467 e. The van der Waals surface area contributed by atoms with Gasteiger partial charge in [0.25, 0.3) is 0 Å². The summed E-state index contributed by atoms with van der Waals surface area (Å²) in [6.07, 6.45) is 3.44. The summed E-state index contributed by atoms with van der Waals surface area (Å²) < 4.78 is 6.85. The van der Waals surface area contributed by atoms with Gasteiger partial charge < -0.3 is 14.3 Å². The Bertz CT molecular complexity index is 540. The molecule has 1 N–H and O–H groups in total. The molecule has 0 amide bonds. The zero-order valence-corrected chi connectivity index (χ0v) is 9.36. The third-order valence-electron chi connectivity index (χ3n) is 2.51. The molecule has 2 heterocycles. The molecule has 0 spiro atoms. The summed E-state index contributed by atoms with van der Waals surface area (Å²) in [4.78, 5) is 11.2. The number of hydrogen-bond donors (Lipinski definition) is 1. The van der Waals surface area contributed by atoms with Crippen LogP contribution in [0.5, 0.6) is 0 Å². The third kappa shape index (κ3) is 2.16. The Balaban J connectivity index is 2.08. The molecule has 4 heteroatoms. The molecule has 0 aliphatic heterocycles. The largest absolute Gasteiger partial charge is 0.467 e. The molecule has 2 aromatic rings. The van der Waals surface area contributed by atoms with Gasteiger partial charge in [-0.1, -0.05) is 0 Å². The molecule has 4 nitrogen and oxygen atoms in total. The van der Waals surface area contributed by atoms with Gasteiger partial charge in [-0.25, -0.2) is 0 Å². The summed E-state index contributed by atoms with van der Waals surface area (Å²) >= 11 is 0. The molecule has 0 atom stereocenters. The Morgan fingerprint density at radius 3 is 2.81 bits per heavy atom. The Hall–Kier alpha value is -1.97. The van der Waals surface area contributed by atoms with Gasteiger partial charge >= 0.3 is 0 Å². The predicted octanol–water partition coefficient (Wildman–Crippen LogP) is 1.90. The number of pyridine rings is 1. The van der Waals surface area contributed by atoms with E-state index in [1.807, 2.05) is 13.0 Å². The third-order valence-corrected chi connectivity index (χ3v) is 2.51. The zero-order valence-electron chi connectivity index (χ0n) is 9.36. The van der Waals surface area contributed by atoms with Crippen LogP contribution in [-0.2, 0) is 13.6 Å². The lowest BCUT2D eigenvalue weighted by atomic mass is 10.3. The Morgan fingerprint density at radius 1 is 1.38 bits per heavy atom. The molecule has 0 bridgehead atoms. The standard InChI is InChI=1S/C12H14N2O2/c1-9-5-6-16-11(9)7-13-10-3-4-12(15)14(2)8-10/h3-6,8,13H,7H2,1-2H3. The van der Waals surface area contributed by atoms with Crippen molar-refractivity contribution >= 4 is 5.69 Å². The summed E-state index contributed by atoms with van der Waals surface area (Å²) in [6, 6.07) is 5.23. The van der Waals surface area contributed by atoms with Crippen LogP contribution < -0.4 is 10.9 Å². The van der Waals surface area contributed by atoms with Gasteiger partial charge in [0.15, 0.2) is 0 Å². The predicted molar refractivity (Wildman–Crippen MR) is 62.5 cm³/mol. The number of furan rings is 1. The normalized spacial score (nSPS) is 10.4. The second-order valence-electron chi connectivity index (χ2n) is 3.75. The molecule has 16 heavy (non-hydrogen) atoms. The fourth-order valence-electron chi connectivity index (χ4n) is 1.47. The fraction of sp³-hybridized carbons (Fsp3) is 0.250. The van der Waals surface area contributed by atoms with Crippen molar-refractivity contribution in [2.75, 3.05) is 5.32 Å². The molecule has 0 saturated carbocycles. The van der Waals surface area contributed by atoms with Crippen LogP contribution in [0.15, 0.2) is 39.9 Å². The Labute approximate surface area is 93.5 Å². The minimum absolute atomic E-state index is 0.0141. The van der Waals surface area contributed by atoms with Crippen LogP contribution in [0, 0.1) is 6.92 Å². The van der Waals surface area contributed by atoms with Gasteiger partial charge in [0, 0.05) is 19.3 Å². The van der Waals surface area contributed by atoms with Gasteiger partial charge in [-0.05, 0) is 24.6 Å². The van der Waals surface area contributed by atoms with Crippen LogP contribution in [0.3, 0.4) is 0 Å². The zero-order chi connectivity index (χ0) is 11.5. The number of aromatic nitrogens is 1. The van der Waals surface area contributed by atoms with Crippen LogP contribution >= 0.6 is 0 Å². The highest BCUT2D eigenvalue weighted by Crippen LogP contribution is 2.11. The van der Waals surface area contributed by atoms with Crippen molar-refractivity contribution in [2.45, 2.75) is 13.5 Å². The van der Waals surface area contributed by atoms with Gasteiger partial charge in [-0.2, -0.15) is 0 Å². The Kier molecular flexibility index (Phi) is 2.81. The first-order valence-electron chi connectivity index (χ1n) is 5.10. The van der Waals surface area contributed by atoms with Crippen LogP contribution in [0.2, 0.25) is 0 Å². The second-order valence-corrected chi connectivity index (χ2v) is 3.75. The first-order chi connectivity index (χ1) is 7.66. The maximum atomic E-state index is 11.2. The van der Waals surface area contributed by atoms with E-state index >= 15 is 0 Å². The van der Waals surface area contributed by atoms with Gasteiger partial charge in [0.1, 0.15) is 5.76 Å². The molecule has 2 rings (SSSR count).